The topological polar surface area (TPSA) is 76.2 Å². The Kier molecular flexibility index (Phi) is 5.52. The number of carbonyl (C=O) groups is 1. The van der Waals surface area contributed by atoms with E-state index in [-0.39, 0.29) is 5.91 Å². The van der Waals surface area contributed by atoms with Gasteiger partial charge >= 0.3 is 0 Å². The van der Waals surface area contributed by atoms with Crippen LogP contribution in [-0.2, 0) is 14.3 Å². The number of carbonyl (C=O) groups excluding carboxylic acids is 1. The number of rotatable bonds is 8. The number of ether oxygens (including phenoxy) is 2. The van der Waals surface area contributed by atoms with Crippen LogP contribution in [0.4, 0.5) is 5.95 Å². The number of imidazole rings is 1. The Morgan fingerprint density at radius 3 is 2.95 bits per heavy atom. The van der Waals surface area contributed by atoms with Gasteiger partial charge in [-0.25, -0.2) is 4.98 Å². The Balaban J connectivity index is 1.71. The van der Waals surface area contributed by atoms with E-state index in [0.29, 0.717) is 38.6 Å². The fraction of sp³-hybridized carbons (Fsp3) is 0.429. The molecule has 1 amide bonds. The van der Waals surface area contributed by atoms with Crippen LogP contribution in [-0.4, -0.2) is 42.8 Å². The number of benzene rings is 1. The van der Waals surface area contributed by atoms with Gasteiger partial charge in [0.2, 0.25) is 11.9 Å². The third-order valence-corrected chi connectivity index (χ3v) is 2.77. The molecule has 6 nitrogen and oxygen atoms in total. The van der Waals surface area contributed by atoms with E-state index in [0.717, 1.165) is 11.0 Å². The summed E-state index contributed by atoms with van der Waals surface area (Å²) in [6, 6.07) is 7.64. The summed E-state index contributed by atoms with van der Waals surface area (Å²) in [6.45, 7) is 1.68. The van der Waals surface area contributed by atoms with Gasteiger partial charge in [0.15, 0.2) is 0 Å². The van der Waals surface area contributed by atoms with Crippen molar-refractivity contribution in [3.05, 3.63) is 24.3 Å². The molecule has 0 radical (unpaired) electrons. The fourth-order valence-electron chi connectivity index (χ4n) is 1.79. The maximum atomic E-state index is 11.7. The molecule has 0 aliphatic heterocycles. The van der Waals surface area contributed by atoms with E-state index >= 15 is 0 Å². The highest BCUT2D eigenvalue weighted by Crippen LogP contribution is 2.13. The molecule has 0 aliphatic rings. The van der Waals surface area contributed by atoms with Crippen LogP contribution in [0.5, 0.6) is 0 Å². The van der Waals surface area contributed by atoms with Gasteiger partial charge in [0.05, 0.1) is 24.2 Å². The summed E-state index contributed by atoms with van der Waals surface area (Å²) >= 11 is 0. The molecule has 0 saturated carbocycles. The number of nitrogens with one attached hydrogen (secondary N) is 2. The summed E-state index contributed by atoms with van der Waals surface area (Å²) in [5.74, 6) is 0.413. The number of aromatic amines is 1. The molecule has 1 heterocycles. The minimum absolute atomic E-state index is 0.0700. The number of amides is 1. The number of aromatic nitrogens is 2. The lowest BCUT2D eigenvalue weighted by atomic mass is 10.3. The maximum absolute atomic E-state index is 11.7. The van der Waals surface area contributed by atoms with E-state index < -0.39 is 0 Å². The Labute approximate surface area is 117 Å². The highest BCUT2D eigenvalue weighted by Gasteiger charge is 2.06. The highest BCUT2D eigenvalue weighted by molar-refractivity contribution is 5.90. The normalized spacial score (nSPS) is 10.8. The molecule has 2 aromatic rings. The second kappa shape index (κ2) is 7.62. The summed E-state index contributed by atoms with van der Waals surface area (Å²) in [6.07, 6.45) is 1.08. The van der Waals surface area contributed by atoms with Crippen LogP contribution in [0.25, 0.3) is 11.0 Å². The standard InChI is InChI=1S/C14H19N3O3/c1-19-9-10-20-8-4-7-13(18)17-14-15-11-5-2-3-6-12(11)16-14/h2-3,5-6H,4,7-10H2,1H3,(H2,15,16,17,18). The van der Waals surface area contributed by atoms with Gasteiger partial charge in [0, 0.05) is 20.1 Å². The molecule has 1 aromatic carbocycles. The molecule has 6 heteroatoms. The van der Waals surface area contributed by atoms with Gasteiger partial charge in [-0.1, -0.05) is 12.1 Å². The third-order valence-electron chi connectivity index (χ3n) is 2.77. The van der Waals surface area contributed by atoms with Crippen molar-refractivity contribution in [2.45, 2.75) is 12.8 Å². The Hall–Kier alpha value is -1.92. The minimum Gasteiger partial charge on any atom is -0.382 e. The van der Waals surface area contributed by atoms with Crippen LogP contribution >= 0.6 is 0 Å². The molecule has 0 spiro atoms. The van der Waals surface area contributed by atoms with Crippen molar-refractivity contribution < 1.29 is 14.3 Å². The lowest BCUT2D eigenvalue weighted by molar-refractivity contribution is -0.116. The van der Waals surface area contributed by atoms with Gasteiger partial charge in [-0.2, -0.15) is 0 Å². The van der Waals surface area contributed by atoms with Crippen LogP contribution < -0.4 is 5.32 Å². The van der Waals surface area contributed by atoms with Crippen molar-refractivity contribution in [3.63, 3.8) is 0 Å². The quantitative estimate of drug-likeness (QED) is 0.723. The molecular formula is C14H19N3O3. The van der Waals surface area contributed by atoms with Crippen LogP contribution in [0.1, 0.15) is 12.8 Å². The predicted octanol–water partition coefficient (Wildman–Crippen LogP) is 1.94. The van der Waals surface area contributed by atoms with E-state index in [1.54, 1.807) is 7.11 Å². The Morgan fingerprint density at radius 2 is 2.15 bits per heavy atom. The molecule has 20 heavy (non-hydrogen) atoms. The van der Waals surface area contributed by atoms with Crippen LogP contribution in [0.2, 0.25) is 0 Å². The number of H-pyrrole nitrogens is 1. The lowest BCUT2D eigenvalue weighted by Crippen LogP contribution is -2.13. The number of hydrogen-bond donors (Lipinski definition) is 2. The van der Waals surface area contributed by atoms with E-state index in [1.807, 2.05) is 24.3 Å². The van der Waals surface area contributed by atoms with Crippen molar-refractivity contribution in [2.24, 2.45) is 0 Å². The molecule has 0 atom stereocenters. The Bertz CT molecular complexity index is 520. The predicted molar refractivity (Wildman–Crippen MR) is 76.7 cm³/mol. The van der Waals surface area contributed by atoms with Crippen molar-refractivity contribution >= 4 is 22.9 Å². The maximum Gasteiger partial charge on any atom is 0.226 e. The van der Waals surface area contributed by atoms with Crippen molar-refractivity contribution in [2.75, 3.05) is 32.2 Å². The summed E-state index contributed by atoms with van der Waals surface area (Å²) in [7, 11) is 1.63. The molecule has 0 aliphatic carbocycles. The smallest absolute Gasteiger partial charge is 0.226 e. The second-order valence-electron chi connectivity index (χ2n) is 4.36. The average Bonchev–Trinajstić information content (AvgIpc) is 2.84. The van der Waals surface area contributed by atoms with Crippen LogP contribution in [0.3, 0.4) is 0 Å². The third kappa shape index (κ3) is 4.32. The molecule has 2 N–H and O–H groups in total. The molecule has 0 saturated heterocycles. The SMILES string of the molecule is COCCOCCCC(=O)Nc1nc2ccccc2[nH]1. The van der Waals surface area contributed by atoms with Gasteiger partial charge in [-0.15, -0.1) is 0 Å². The fourth-order valence-corrected chi connectivity index (χ4v) is 1.79. The van der Waals surface area contributed by atoms with Crippen LogP contribution in [0.15, 0.2) is 24.3 Å². The minimum atomic E-state index is -0.0700. The van der Waals surface area contributed by atoms with Crippen molar-refractivity contribution in [3.8, 4) is 0 Å². The largest absolute Gasteiger partial charge is 0.382 e. The number of hydrogen-bond acceptors (Lipinski definition) is 4. The zero-order valence-electron chi connectivity index (χ0n) is 11.5. The van der Waals surface area contributed by atoms with Crippen LogP contribution in [0, 0.1) is 0 Å². The molecule has 0 fully saturated rings. The molecule has 0 bridgehead atoms. The molecular weight excluding hydrogens is 258 g/mol. The van der Waals surface area contributed by atoms with E-state index in [9.17, 15) is 4.79 Å². The molecule has 1 aromatic heterocycles. The molecule has 108 valence electrons. The summed E-state index contributed by atoms with van der Waals surface area (Å²) in [4.78, 5) is 19.1. The van der Waals surface area contributed by atoms with Crippen molar-refractivity contribution in [1.29, 1.82) is 0 Å². The van der Waals surface area contributed by atoms with E-state index in [1.165, 1.54) is 0 Å². The van der Waals surface area contributed by atoms with Gasteiger partial charge in [-0.3, -0.25) is 10.1 Å². The second-order valence-corrected chi connectivity index (χ2v) is 4.36. The zero-order valence-corrected chi connectivity index (χ0v) is 11.5. The van der Waals surface area contributed by atoms with Gasteiger partial charge < -0.3 is 14.5 Å². The Morgan fingerprint density at radius 1 is 1.30 bits per heavy atom. The first kappa shape index (κ1) is 14.5. The number of methoxy groups -OCH3 is 1. The summed E-state index contributed by atoms with van der Waals surface area (Å²) in [5.41, 5.74) is 1.75. The molecule has 0 unspecified atom stereocenters. The monoisotopic (exact) mass is 277 g/mol. The average molecular weight is 277 g/mol. The first-order chi connectivity index (χ1) is 9.79. The van der Waals surface area contributed by atoms with Gasteiger partial charge in [0.25, 0.3) is 0 Å². The summed E-state index contributed by atoms with van der Waals surface area (Å²) < 4.78 is 10.2. The van der Waals surface area contributed by atoms with E-state index in [2.05, 4.69) is 15.3 Å². The number of anilines is 1. The van der Waals surface area contributed by atoms with Crippen molar-refractivity contribution in [1.82, 2.24) is 9.97 Å². The lowest BCUT2D eigenvalue weighted by Gasteiger charge is -2.03. The molecule has 2 rings (SSSR count). The first-order valence-corrected chi connectivity index (χ1v) is 6.61. The zero-order chi connectivity index (χ0) is 14.2. The van der Waals surface area contributed by atoms with Gasteiger partial charge in [0.1, 0.15) is 0 Å². The number of fused-ring (bicyclic) bond motifs is 1. The highest BCUT2D eigenvalue weighted by atomic mass is 16.5. The summed E-state index contributed by atoms with van der Waals surface area (Å²) in [5, 5.41) is 2.75. The van der Waals surface area contributed by atoms with Gasteiger partial charge in [-0.05, 0) is 18.6 Å². The van der Waals surface area contributed by atoms with E-state index in [4.69, 9.17) is 9.47 Å². The first-order valence-electron chi connectivity index (χ1n) is 6.61. The number of para-hydroxylation sites is 2. The number of nitrogens with zero attached hydrogens (tertiary/aromatic N) is 1.